The molecule has 2 aromatic rings. The zero-order valence-electron chi connectivity index (χ0n) is 13.4. The fraction of sp³-hybridized carbons (Fsp3) is 0.438. The van der Waals surface area contributed by atoms with E-state index in [1.165, 1.54) is 4.31 Å². The summed E-state index contributed by atoms with van der Waals surface area (Å²) in [6, 6.07) is 7.04. The monoisotopic (exact) mass is 321 g/mol. The van der Waals surface area contributed by atoms with Crippen LogP contribution in [0.1, 0.15) is 13.8 Å². The molecule has 0 atom stereocenters. The maximum absolute atomic E-state index is 12.8. The lowest BCUT2D eigenvalue weighted by Crippen LogP contribution is -2.36. The quantitative estimate of drug-likeness (QED) is 0.784. The first-order valence-electron chi connectivity index (χ1n) is 7.52. The van der Waals surface area contributed by atoms with Gasteiger partial charge in [-0.05, 0) is 25.2 Å². The molecular weight excluding hydrogens is 298 g/mol. The molecule has 1 aromatic carbocycles. The number of pyridine rings is 1. The normalized spacial score (nSPS) is 12.4. The molecule has 0 saturated carbocycles. The number of sulfonamides is 1. The van der Waals surface area contributed by atoms with Crippen LogP contribution in [0.3, 0.4) is 0 Å². The number of fused-ring (bicyclic) bond motifs is 1. The minimum absolute atomic E-state index is 0.342. The van der Waals surface area contributed by atoms with E-state index in [9.17, 15) is 8.42 Å². The van der Waals surface area contributed by atoms with Crippen molar-refractivity contribution in [3.8, 4) is 0 Å². The molecule has 0 aliphatic rings. The van der Waals surface area contributed by atoms with E-state index in [1.54, 1.807) is 37.6 Å². The van der Waals surface area contributed by atoms with Crippen LogP contribution in [0.5, 0.6) is 0 Å². The van der Waals surface area contributed by atoms with Crippen molar-refractivity contribution in [2.75, 3.05) is 33.2 Å². The summed E-state index contributed by atoms with van der Waals surface area (Å²) in [5.74, 6) is 0. The Morgan fingerprint density at radius 2 is 1.82 bits per heavy atom. The Morgan fingerprint density at radius 1 is 1.09 bits per heavy atom. The molecule has 0 bridgehead atoms. The van der Waals surface area contributed by atoms with E-state index in [0.29, 0.717) is 16.8 Å². The zero-order chi connectivity index (χ0) is 16.2. The highest BCUT2D eigenvalue weighted by molar-refractivity contribution is 7.89. The van der Waals surface area contributed by atoms with E-state index in [0.717, 1.165) is 25.0 Å². The first kappa shape index (κ1) is 16.9. The lowest BCUT2D eigenvalue weighted by atomic mass is 10.2. The number of likely N-dealkylation sites (N-methyl/N-ethyl adjacent to an activating group) is 2. The van der Waals surface area contributed by atoms with Crippen LogP contribution in [0.4, 0.5) is 0 Å². The predicted octanol–water partition coefficient (Wildman–Crippen LogP) is 2.20. The molecule has 1 aromatic heterocycles. The van der Waals surface area contributed by atoms with Crippen molar-refractivity contribution in [1.29, 1.82) is 0 Å². The summed E-state index contributed by atoms with van der Waals surface area (Å²) >= 11 is 0. The fourth-order valence-electron chi connectivity index (χ4n) is 2.43. The van der Waals surface area contributed by atoms with E-state index in [-0.39, 0.29) is 0 Å². The molecule has 120 valence electrons. The highest BCUT2D eigenvalue weighted by Crippen LogP contribution is 2.24. The van der Waals surface area contributed by atoms with Crippen LogP contribution >= 0.6 is 0 Å². The Hall–Kier alpha value is -1.50. The Bertz CT molecular complexity index is 722. The number of benzene rings is 1. The van der Waals surface area contributed by atoms with Gasteiger partial charge in [-0.25, -0.2) is 8.42 Å². The Labute approximate surface area is 132 Å². The minimum atomic E-state index is -3.50. The average Bonchev–Trinajstić information content (AvgIpc) is 2.54. The summed E-state index contributed by atoms with van der Waals surface area (Å²) < 4.78 is 27.1. The number of hydrogen-bond donors (Lipinski definition) is 0. The lowest BCUT2D eigenvalue weighted by molar-refractivity contribution is 0.282. The van der Waals surface area contributed by atoms with Gasteiger partial charge in [-0.3, -0.25) is 4.98 Å². The van der Waals surface area contributed by atoms with Gasteiger partial charge in [0.15, 0.2) is 0 Å². The van der Waals surface area contributed by atoms with Crippen LogP contribution in [0.2, 0.25) is 0 Å². The average molecular weight is 321 g/mol. The molecular formula is C16H23N3O2S. The molecule has 0 aliphatic heterocycles. The molecule has 22 heavy (non-hydrogen) atoms. The molecule has 6 heteroatoms. The highest BCUT2D eigenvalue weighted by atomic mass is 32.2. The topological polar surface area (TPSA) is 53.5 Å². The smallest absolute Gasteiger partial charge is 0.243 e. The van der Waals surface area contributed by atoms with Crippen LogP contribution in [0, 0.1) is 0 Å². The maximum atomic E-state index is 12.8. The second-order valence-corrected chi connectivity index (χ2v) is 7.22. The van der Waals surface area contributed by atoms with Gasteiger partial charge >= 0.3 is 0 Å². The Balaban J connectivity index is 2.28. The highest BCUT2D eigenvalue weighted by Gasteiger charge is 2.23. The largest absolute Gasteiger partial charge is 0.303 e. The van der Waals surface area contributed by atoms with Crippen molar-refractivity contribution in [2.45, 2.75) is 18.7 Å². The summed E-state index contributed by atoms with van der Waals surface area (Å²) in [5, 5.41) is 1.55. The molecule has 1 heterocycles. The standard InChI is InChI=1S/C16H23N3O2S/c1-4-19(5-2)12-11-18(3)22(20,21)16-8-6-7-14-13-17-10-9-15(14)16/h6-10,13H,4-5,11-12H2,1-3H3. The van der Waals surface area contributed by atoms with Gasteiger partial charge in [0.1, 0.15) is 0 Å². The van der Waals surface area contributed by atoms with Crippen molar-refractivity contribution in [2.24, 2.45) is 0 Å². The van der Waals surface area contributed by atoms with Gasteiger partial charge in [0.05, 0.1) is 4.90 Å². The summed E-state index contributed by atoms with van der Waals surface area (Å²) in [7, 11) is -1.86. The van der Waals surface area contributed by atoms with E-state index >= 15 is 0 Å². The van der Waals surface area contributed by atoms with Gasteiger partial charge in [0.2, 0.25) is 10.0 Å². The van der Waals surface area contributed by atoms with E-state index in [4.69, 9.17) is 0 Å². The number of hydrogen-bond acceptors (Lipinski definition) is 4. The number of nitrogens with zero attached hydrogens (tertiary/aromatic N) is 3. The molecule has 0 saturated heterocycles. The maximum Gasteiger partial charge on any atom is 0.243 e. The second kappa shape index (κ2) is 7.17. The molecule has 2 rings (SSSR count). The minimum Gasteiger partial charge on any atom is -0.303 e. The van der Waals surface area contributed by atoms with Gasteiger partial charge in [-0.15, -0.1) is 0 Å². The van der Waals surface area contributed by atoms with Crippen molar-refractivity contribution in [1.82, 2.24) is 14.2 Å². The molecule has 0 unspecified atom stereocenters. The molecule has 0 spiro atoms. The van der Waals surface area contributed by atoms with Crippen molar-refractivity contribution in [3.05, 3.63) is 36.7 Å². The molecule has 5 nitrogen and oxygen atoms in total. The van der Waals surface area contributed by atoms with Gasteiger partial charge in [0.25, 0.3) is 0 Å². The van der Waals surface area contributed by atoms with Crippen LogP contribution in [-0.2, 0) is 10.0 Å². The molecule has 0 amide bonds. The van der Waals surface area contributed by atoms with Crippen LogP contribution in [0.15, 0.2) is 41.6 Å². The second-order valence-electron chi connectivity index (χ2n) is 5.21. The van der Waals surface area contributed by atoms with Crippen molar-refractivity contribution in [3.63, 3.8) is 0 Å². The number of rotatable bonds is 7. The van der Waals surface area contributed by atoms with Crippen LogP contribution in [0.25, 0.3) is 10.8 Å². The summed E-state index contributed by atoms with van der Waals surface area (Å²) in [6.07, 6.45) is 3.31. The first-order valence-corrected chi connectivity index (χ1v) is 8.96. The Kier molecular flexibility index (Phi) is 5.50. The van der Waals surface area contributed by atoms with E-state index in [1.807, 2.05) is 6.07 Å². The van der Waals surface area contributed by atoms with Gasteiger partial charge in [-0.1, -0.05) is 26.0 Å². The fourth-order valence-corrected chi connectivity index (χ4v) is 3.80. The van der Waals surface area contributed by atoms with Gasteiger partial charge in [0, 0.05) is 43.3 Å². The molecule has 0 radical (unpaired) electrons. The SMILES string of the molecule is CCN(CC)CCN(C)S(=O)(=O)c1cccc2cnccc12. The third kappa shape index (κ3) is 3.45. The summed E-state index contributed by atoms with van der Waals surface area (Å²) in [5.41, 5.74) is 0. The molecule has 0 N–H and O–H groups in total. The number of aromatic nitrogens is 1. The molecule has 0 aliphatic carbocycles. The van der Waals surface area contributed by atoms with Gasteiger partial charge < -0.3 is 4.90 Å². The third-order valence-electron chi connectivity index (χ3n) is 3.95. The Morgan fingerprint density at radius 3 is 2.50 bits per heavy atom. The zero-order valence-corrected chi connectivity index (χ0v) is 14.2. The summed E-state index contributed by atoms with van der Waals surface area (Å²) in [4.78, 5) is 6.60. The van der Waals surface area contributed by atoms with Crippen molar-refractivity contribution >= 4 is 20.8 Å². The lowest BCUT2D eigenvalue weighted by Gasteiger charge is -2.23. The van der Waals surface area contributed by atoms with Gasteiger partial charge in [-0.2, -0.15) is 4.31 Å². The van der Waals surface area contributed by atoms with Crippen LogP contribution < -0.4 is 0 Å². The van der Waals surface area contributed by atoms with Crippen molar-refractivity contribution < 1.29 is 8.42 Å². The first-order chi connectivity index (χ1) is 10.5. The molecule has 0 fully saturated rings. The third-order valence-corrected chi connectivity index (χ3v) is 5.87. The van der Waals surface area contributed by atoms with E-state index in [2.05, 4.69) is 23.7 Å². The van der Waals surface area contributed by atoms with E-state index < -0.39 is 10.0 Å². The predicted molar refractivity (Wildman–Crippen MR) is 89.3 cm³/mol. The summed E-state index contributed by atoms with van der Waals surface area (Å²) in [6.45, 7) is 7.21. The van der Waals surface area contributed by atoms with Crippen LogP contribution in [-0.4, -0.2) is 55.8 Å².